The van der Waals surface area contributed by atoms with Crippen molar-refractivity contribution in [3.05, 3.63) is 52.7 Å². The van der Waals surface area contributed by atoms with Crippen LogP contribution in [0, 0.1) is 0 Å². The Bertz CT molecular complexity index is 902. The summed E-state index contributed by atoms with van der Waals surface area (Å²) < 4.78 is 7.26. The fourth-order valence-corrected chi connectivity index (χ4v) is 3.04. The zero-order chi connectivity index (χ0) is 16.5. The second-order valence-corrected chi connectivity index (χ2v) is 6.06. The van der Waals surface area contributed by atoms with Crippen LogP contribution >= 0.6 is 0 Å². The summed E-state index contributed by atoms with van der Waals surface area (Å²) in [5.41, 5.74) is 1.32. The molecule has 3 aromatic rings. The molecule has 24 heavy (non-hydrogen) atoms. The van der Waals surface area contributed by atoms with Crippen molar-refractivity contribution < 1.29 is 4.74 Å². The van der Waals surface area contributed by atoms with Gasteiger partial charge in [0, 0.05) is 13.1 Å². The van der Waals surface area contributed by atoms with Crippen molar-refractivity contribution in [2.45, 2.75) is 19.6 Å². The maximum Gasteiger partial charge on any atom is 0.262 e. The molecule has 7 nitrogen and oxygen atoms in total. The highest BCUT2D eigenvalue weighted by Gasteiger charge is 2.18. The third-order valence-corrected chi connectivity index (χ3v) is 4.19. The van der Waals surface area contributed by atoms with Crippen LogP contribution < -0.4 is 5.56 Å². The van der Waals surface area contributed by atoms with Crippen molar-refractivity contribution in [3.8, 4) is 5.69 Å². The van der Waals surface area contributed by atoms with Gasteiger partial charge in [0.1, 0.15) is 11.2 Å². The van der Waals surface area contributed by atoms with Gasteiger partial charge in [0.2, 0.25) is 0 Å². The lowest BCUT2D eigenvalue weighted by atomic mass is 10.3. The highest BCUT2D eigenvalue weighted by molar-refractivity contribution is 5.75. The van der Waals surface area contributed by atoms with Crippen LogP contribution in [0.25, 0.3) is 16.7 Å². The van der Waals surface area contributed by atoms with Gasteiger partial charge in [-0.15, -0.1) is 0 Å². The van der Waals surface area contributed by atoms with Crippen molar-refractivity contribution in [2.24, 2.45) is 0 Å². The van der Waals surface area contributed by atoms with Gasteiger partial charge in [-0.2, -0.15) is 5.10 Å². The maximum atomic E-state index is 12.4. The number of rotatable bonds is 3. The second kappa shape index (κ2) is 6.18. The predicted molar refractivity (Wildman–Crippen MR) is 90.2 cm³/mol. The minimum atomic E-state index is -0.154. The number of benzene rings is 1. The Hall–Kier alpha value is -2.51. The van der Waals surface area contributed by atoms with Crippen LogP contribution in [0.4, 0.5) is 0 Å². The molecule has 1 aromatic carbocycles. The second-order valence-electron chi connectivity index (χ2n) is 6.06. The zero-order valence-corrected chi connectivity index (χ0v) is 13.5. The van der Waals surface area contributed by atoms with Crippen LogP contribution in [0.5, 0.6) is 0 Å². The van der Waals surface area contributed by atoms with Crippen molar-refractivity contribution >= 4 is 11.0 Å². The average molecular weight is 325 g/mol. The standard InChI is InChI=1S/C17H19N5O2/c1-12-10-21(7-8-24-12)11-15-19-16-14(17(23)20-15)9-18-22(16)13-5-3-2-4-6-13/h2-6,9,12H,7-8,10-11H2,1H3,(H,19,20,23)/t12-/m0/s1. The highest BCUT2D eigenvalue weighted by Crippen LogP contribution is 2.14. The first-order chi connectivity index (χ1) is 11.7. The number of para-hydroxylation sites is 1. The molecule has 2 aromatic heterocycles. The van der Waals surface area contributed by atoms with Crippen molar-refractivity contribution in [1.29, 1.82) is 0 Å². The monoisotopic (exact) mass is 325 g/mol. The molecule has 1 N–H and O–H groups in total. The predicted octanol–water partition coefficient (Wildman–Crippen LogP) is 1.33. The molecule has 0 radical (unpaired) electrons. The number of hydrogen-bond donors (Lipinski definition) is 1. The number of aromatic nitrogens is 4. The number of fused-ring (bicyclic) bond motifs is 1. The van der Waals surface area contributed by atoms with E-state index in [0.717, 1.165) is 18.8 Å². The normalized spacial score (nSPS) is 19.0. The molecule has 124 valence electrons. The van der Waals surface area contributed by atoms with Crippen molar-refractivity contribution in [2.75, 3.05) is 19.7 Å². The molecule has 3 heterocycles. The molecule has 0 spiro atoms. The van der Waals surface area contributed by atoms with Gasteiger partial charge in [-0.1, -0.05) is 18.2 Å². The molecule has 7 heteroatoms. The summed E-state index contributed by atoms with van der Waals surface area (Å²) in [5, 5.41) is 4.83. The van der Waals surface area contributed by atoms with E-state index in [1.165, 1.54) is 0 Å². The Labute approximate surface area is 138 Å². The minimum absolute atomic E-state index is 0.154. The number of nitrogens with one attached hydrogen (secondary N) is 1. The Morgan fingerprint density at radius 3 is 2.96 bits per heavy atom. The van der Waals surface area contributed by atoms with Gasteiger partial charge in [-0.25, -0.2) is 9.67 Å². The fourth-order valence-electron chi connectivity index (χ4n) is 3.04. The lowest BCUT2D eigenvalue weighted by Crippen LogP contribution is -2.41. The van der Waals surface area contributed by atoms with E-state index < -0.39 is 0 Å². The molecule has 1 aliphatic rings. The van der Waals surface area contributed by atoms with E-state index in [-0.39, 0.29) is 11.7 Å². The average Bonchev–Trinajstić information content (AvgIpc) is 3.00. The van der Waals surface area contributed by atoms with Gasteiger partial charge in [0.25, 0.3) is 5.56 Å². The lowest BCUT2D eigenvalue weighted by Gasteiger charge is -2.30. The maximum absolute atomic E-state index is 12.4. The van der Waals surface area contributed by atoms with Gasteiger partial charge < -0.3 is 9.72 Å². The smallest absolute Gasteiger partial charge is 0.262 e. The largest absolute Gasteiger partial charge is 0.376 e. The fraction of sp³-hybridized carbons (Fsp3) is 0.353. The van der Waals surface area contributed by atoms with E-state index in [1.54, 1.807) is 10.9 Å². The summed E-state index contributed by atoms with van der Waals surface area (Å²) in [4.78, 5) is 22.1. The third kappa shape index (κ3) is 2.83. The van der Waals surface area contributed by atoms with Crippen molar-refractivity contribution in [1.82, 2.24) is 24.6 Å². The molecule has 1 aliphatic heterocycles. The van der Waals surface area contributed by atoms with Crippen LogP contribution in [0.2, 0.25) is 0 Å². The molecule has 0 aliphatic carbocycles. The van der Waals surface area contributed by atoms with Crippen LogP contribution in [0.1, 0.15) is 12.7 Å². The molecular formula is C17H19N5O2. The zero-order valence-electron chi connectivity index (χ0n) is 13.5. The molecule has 4 rings (SSSR count). The lowest BCUT2D eigenvalue weighted by molar-refractivity contribution is -0.0219. The molecule has 0 amide bonds. The molecule has 0 unspecified atom stereocenters. The van der Waals surface area contributed by atoms with Crippen LogP contribution in [0.3, 0.4) is 0 Å². The number of H-pyrrole nitrogens is 1. The molecule has 0 saturated carbocycles. The van der Waals surface area contributed by atoms with E-state index in [0.29, 0.717) is 30.0 Å². The van der Waals surface area contributed by atoms with Crippen LogP contribution in [0.15, 0.2) is 41.3 Å². The molecular weight excluding hydrogens is 306 g/mol. The number of aromatic amines is 1. The number of hydrogen-bond acceptors (Lipinski definition) is 5. The van der Waals surface area contributed by atoms with E-state index in [9.17, 15) is 4.79 Å². The minimum Gasteiger partial charge on any atom is -0.376 e. The van der Waals surface area contributed by atoms with E-state index in [2.05, 4.69) is 26.9 Å². The molecule has 1 atom stereocenters. The van der Waals surface area contributed by atoms with Gasteiger partial charge >= 0.3 is 0 Å². The van der Waals surface area contributed by atoms with E-state index in [1.807, 2.05) is 30.3 Å². The number of morpholine rings is 1. The number of nitrogens with zero attached hydrogens (tertiary/aromatic N) is 4. The summed E-state index contributed by atoms with van der Waals surface area (Å²) in [5.74, 6) is 0.652. The topological polar surface area (TPSA) is 76.0 Å². The first-order valence-corrected chi connectivity index (χ1v) is 8.07. The highest BCUT2D eigenvalue weighted by atomic mass is 16.5. The molecule has 1 saturated heterocycles. The Balaban J connectivity index is 1.71. The summed E-state index contributed by atoms with van der Waals surface area (Å²) in [6, 6.07) is 9.70. The van der Waals surface area contributed by atoms with Crippen molar-refractivity contribution in [3.63, 3.8) is 0 Å². The van der Waals surface area contributed by atoms with Crippen LogP contribution in [-0.2, 0) is 11.3 Å². The summed E-state index contributed by atoms with van der Waals surface area (Å²) >= 11 is 0. The van der Waals surface area contributed by atoms with Crippen LogP contribution in [-0.4, -0.2) is 50.4 Å². The third-order valence-electron chi connectivity index (χ3n) is 4.19. The quantitative estimate of drug-likeness (QED) is 0.786. The van der Waals surface area contributed by atoms with Gasteiger partial charge in [0.15, 0.2) is 5.65 Å². The van der Waals surface area contributed by atoms with E-state index >= 15 is 0 Å². The Kier molecular flexibility index (Phi) is 3.87. The molecule has 1 fully saturated rings. The Morgan fingerprint density at radius 1 is 1.33 bits per heavy atom. The Morgan fingerprint density at radius 2 is 2.17 bits per heavy atom. The van der Waals surface area contributed by atoms with E-state index in [4.69, 9.17) is 4.74 Å². The summed E-state index contributed by atoms with van der Waals surface area (Å²) in [6.07, 6.45) is 1.76. The SMILES string of the molecule is C[C@H]1CN(Cc2nc3c(cnn3-c3ccccc3)c(=O)[nH]2)CCO1. The first-order valence-electron chi connectivity index (χ1n) is 8.07. The van der Waals surface area contributed by atoms with Gasteiger partial charge in [0.05, 0.1) is 31.1 Å². The molecule has 0 bridgehead atoms. The first kappa shape index (κ1) is 15.0. The number of ether oxygens (including phenoxy) is 1. The van der Waals surface area contributed by atoms with Gasteiger partial charge in [-0.3, -0.25) is 9.69 Å². The summed E-state index contributed by atoms with van der Waals surface area (Å²) in [6.45, 7) is 5.02. The summed E-state index contributed by atoms with van der Waals surface area (Å²) in [7, 11) is 0. The van der Waals surface area contributed by atoms with Gasteiger partial charge in [-0.05, 0) is 19.1 Å².